The maximum atomic E-state index is 13.2. The van der Waals surface area contributed by atoms with Crippen LogP contribution in [0.3, 0.4) is 0 Å². The van der Waals surface area contributed by atoms with Gasteiger partial charge in [0.2, 0.25) is 11.8 Å². The topological polar surface area (TPSA) is 62.1 Å². The maximum Gasteiger partial charge on any atom is 0.284 e. The molecule has 1 amide bonds. The lowest BCUT2D eigenvalue weighted by Gasteiger charge is -2.16. The standard InChI is InChI=1S/C12H9ClFN3O2S/c13-8-4-7(1-2-9(8)14)17-5-6(3-10(17)18)11-15-16-12(20)19-11/h1-2,4,6H,3,5H2,(H,16,20)/t6-/m0/s1. The second-order valence-corrected chi connectivity index (χ2v) is 5.23. The molecule has 20 heavy (non-hydrogen) atoms. The largest absolute Gasteiger partial charge is 0.414 e. The molecule has 1 atom stereocenters. The van der Waals surface area contributed by atoms with Crippen molar-refractivity contribution in [3.63, 3.8) is 0 Å². The Morgan fingerprint density at radius 3 is 3.00 bits per heavy atom. The van der Waals surface area contributed by atoms with Gasteiger partial charge in [-0.15, -0.1) is 5.10 Å². The van der Waals surface area contributed by atoms with E-state index in [1.807, 2.05) is 0 Å². The van der Waals surface area contributed by atoms with E-state index in [1.165, 1.54) is 23.1 Å². The molecule has 1 saturated heterocycles. The van der Waals surface area contributed by atoms with E-state index in [1.54, 1.807) is 0 Å². The van der Waals surface area contributed by atoms with E-state index in [0.717, 1.165) is 0 Å². The van der Waals surface area contributed by atoms with E-state index >= 15 is 0 Å². The fourth-order valence-corrected chi connectivity index (χ4v) is 2.50. The highest BCUT2D eigenvalue weighted by atomic mass is 35.5. The van der Waals surface area contributed by atoms with E-state index in [-0.39, 0.29) is 28.1 Å². The summed E-state index contributed by atoms with van der Waals surface area (Å²) in [4.78, 5) is 13.8. The third kappa shape index (κ3) is 2.34. The zero-order chi connectivity index (χ0) is 14.3. The van der Waals surface area contributed by atoms with Crippen molar-refractivity contribution in [3.8, 4) is 0 Å². The highest BCUT2D eigenvalue weighted by Gasteiger charge is 2.34. The Hall–Kier alpha value is -1.73. The fraction of sp³-hybridized carbons (Fsp3) is 0.250. The number of hydrogen-bond donors (Lipinski definition) is 1. The Morgan fingerprint density at radius 1 is 1.55 bits per heavy atom. The van der Waals surface area contributed by atoms with Crippen molar-refractivity contribution in [2.45, 2.75) is 12.3 Å². The van der Waals surface area contributed by atoms with Gasteiger partial charge in [0, 0.05) is 18.7 Å². The van der Waals surface area contributed by atoms with Crippen LogP contribution in [-0.2, 0) is 4.79 Å². The third-order valence-corrected chi connectivity index (χ3v) is 3.61. The minimum atomic E-state index is -0.517. The first kappa shape index (κ1) is 13.3. The smallest absolute Gasteiger partial charge is 0.284 e. The molecular formula is C12H9ClFN3O2S. The van der Waals surface area contributed by atoms with Crippen LogP contribution in [0.5, 0.6) is 0 Å². The normalized spacial score (nSPS) is 18.8. The molecule has 0 saturated carbocycles. The molecule has 1 aliphatic rings. The number of carbonyl (C=O) groups excluding carboxylic acids is 1. The first-order valence-corrected chi connectivity index (χ1v) is 6.64. The molecule has 0 spiro atoms. The van der Waals surface area contributed by atoms with Crippen molar-refractivity contribution in [1.82, 2.24) is 10.2 Å². The van der Waals surface area contributed by atoms with Crippen LogP contribution in [0.2, 0.25) is 5.02 Å². The summed E-state index contributed by atoms with van der Waals surface area (Å²) in [5, 5.41) is 6.44. The molecule has 1 aromatic heterocycles. The maximum absolute atomic E-state index is 13.2. The van der Waals surface area contributed by atoms with Crippen LogP contribution >= 0.6 is 23.8 Å². The number of nitrogens with one attached hydrogen (secondary N) is 1. The van der Waals surface area contributed by atoms with Gasteiger partial charge in [-0.25, -0.2) is 9.49 Å². The van der Waals surface area contributed by atoms with E-state index in [2.05, 4.69) is 10.2 Å². The molecule has 2 aromatic rings. The highest BCUT2D eigenvalue weighted by Crippen LogP contribution is 2.32. The summed E-state index contributed by atoms with van der Waals surface area (Å²) in [7, 11) is 0. The second-order valence-electron chi connectivity index (χ2n) is 4.46. The number of rotatable bonds is 2. The molecule has 0 aliphatic carbocycles. The number of H-pyrrole nitrogens is 1. The summed E-state index contributed by atoms with van der Waals surface area (Å²) < 4.78 is 18.4. The van der Waals surface area contributed by atoms with Crippen LogP contribution in [0, 0.1) is 10.7 Å². The molecule has 0 bridgehead atoms. The molecule has 8 heteroatoms. The summed E-state index contributed by atoms with van der Waals surface area (Å²) >= 11 is 10.5. The lowest BCUT2D eigenvalue weighted by Crippen LogP contribution is -2.24. The van der Waals surface area contributed by atoms with Crippen molar-refractivity contribution in [1.29, 1.82) is 0 Å². The molecule has 1 aromatic carbocycles. The Labute approximate surface area is 123 Å². The van der Waals surface area contributed by atoms with Crippen molar-refractivity contribution < 1.29 is 13.6 Å². The van der Waals surface area contributed by atoms with Gasteiger partial charge < -0.3 is 9.32 Å². The molecule has 1 N–H and O–H groups in total. The van der Waals surface area contributed by atoms with Gasteiger partial charge >= 0.3 is 0 Å². The lowest BCUT2D eigenvalue weighted by atomic mass is 10.1. The molecule has 5 nitrogen and oxygen atoms in total. The van der Waals surface area contributed by atoms with Crippen molar-refractivity contribution in [3.05, 3.63) is 39.8 Å². The van der Waals surface area contributed by atoms with Crippen LogP contribution in [0.4, 0.5) is 10.1 Å². The summed E-state index contributed by atoms with van der Waals surface area (Å²) in [5.74, 6) is -0.392. The Morgan fingerprint density at radius 2 is 2.35 bits per heavy atom. The third-order valence-electron chi connectivity index (χ3n) is 3.14. The zero-order valence-electron chi connectivity index (χ0n) is 10.1. The van der Waals surface area contributed by atoms with Gasteiger partial charge in [0.15, 0.2) is 0 Å². The zero-order valence-corrected chi connectivity index (χ0v) is 11.7. The van der Waals surface area contributed by atoms with Crippen LogP contribution in [-0.4, -0.2) is 22.6 Å². The molecular weight excluding hydrogens is 305 g/mol. The van der Waals surface area contributed by atoms with Gasteiger partial charge in [-0.3, -0.25) is 4.79 Å². The number of anilines is 1. The Balaban J connectivity index is 1.86. The number of nitrogens with zero attached hydrogens (tertiary/aromatic N) is 2. The number of halogens is 2. The van der Waals surface area contributed by atoms with Gasteiger partial charge in [-0.2, -0.15) is 0 Å². The first-order chi connectivity index (χ1) is 9.54. The first-order valence-electron chi connectivity index (χ1n) is 5.85. The lowest BCUT2D eigenvalue weighted by molar-refractivity contribution is -0.117. The van der Waals surface area contributed by atoms with Gasteiger partial charge in [-0.1, -0.05) is 11.6 Å². The molecule has 1 aliphatic heterocycles. The second kappa shape index (κ2) is 4.99. The highest BCUT2D eigenvalue weighted by molar-refractivity contribution is 7.71. The minimum absolute atomic E-state index is 0.0175. The van der Waals surface area contributed by atoms with Crippen molar-refractivity contribution in [2.75, 3.05) is 11.4 Å². The molecule has 2 heterocycles. The van der Waals surface area contributed by atoms with Gasteiger partial charge in [0.25, 0.3) is 4.84 Å². The van der Waals surface area contributed by atoms with Gasteiger partial charge in [0.05, 0.1) is 10.9 Å². The van der Waals surface area contributed by atoms with E-state index in [4.69, 9.17) is 28.2 Å². The van der Waals surface area contributed by atoms with Gasteiger partial charge in [-0.05, 0) is 30.4 Å². The monoisotopic (exact) mass is 313 g/mol. The average molecular weight is 314 g/mol. The molecule has 1 fully saturated rings. The molecule has 3 rings (SSSR count). The number of aromatic nitrogens is 2. The number of hydrogen-bond acceptors (Lipinski definition) is 4. The Bertz CT molecular complexity index is 729. The predicted octanol–water partition coefficient (Wildman–Crippen LogP) is 3.05. The predicted molar refractivity (Wildman–Crippen MR) is 72.8 cm³/mol. The van der Waals surface area contributed by atoms with E-state index in [9.17, 15) is 9.18 Å². The van der Waals surface area contributed by atoms with E-state index in [0.29, 0.717) is 18.1 Å². The van der Waals surface area contributed by atoms with E-state index < -0.39 is 5.82 Å². The number of amides is 1. The number of benzene rings is 1. The van der Waals surface area contributed by atoms with Crippen LogP contribution in [0.25, 0.3) is 0 Å². The number of carbonyl (C=O) groups is 1. The van der Waals surface area contributed by atoms with Crippen LogP contribution in [0.1, 0.15) is 18.2 Å². The average Bonchev–Trinajstić information content (AvgIpc) is 2.99. The molecule has 104 valence electrons. The SMILES string of the molecule is O=C1C[C@H](c2n[nH]c(=S)o2)CN1c1ccc(F)c(Cl)c1. The summed E-state index contributed by atoms with van der Waals surface area (Å²) in [6.45, 7) is 0.393. The Kier molecular flexibility index (Phi) is 3.31. The molecule has 0 unspecified atom stereocenters. The van der Waals surface area contributed by atoms with Crippen molar-refractivity contribution >= 4 is 35.4 Å². The minimum Gasteiger partial charge on any atom is -0.414 e. The van der Waals surface area contributed by atoms with Crippen LogP contribution in [0.15, 0.2) is 22.6 Å². The summed E-state index contributed by atoms with van der Waals surface area (Å²) in [6, 6.07) is 4.18. The summed E-state index contributed by atoms with van der Waals surface area (Å²) in [6.07, 6.45) is 0.262. The quantitative estimate of drug-likeness (QED) is 0.866. The number of aromatic amines is 1. The van der Waals surface area contributed by atoms with Gasteiger partial charge in [0.1, 0.15) is 5.82 Å². The molecule has 0 radical (unpaired) electrons. The summed E-state index contributed by atoms with van der Waals surface area (Å²) in [5.41, 5.74) is 0.554. The van der Waals surface area contributed by atoms with Crippen molar-refractivity contribution in [2.24, 2.45) is 0 Å². The fourth-order valence-electron chi connectivity index (χ4n) is 2.19. The van der Waals surface area contributed by atoms with Crippen LogP contribution < -0.4 is 4.90 Å².